The summed E-state index contributed by atoms with van der Waals surface area (Å²) < 4.78 is 5.69. The molecule has 0 aromatic carbocycles. The third kappa shape index (κ3) is 3.03. The molecular weight excluding hydrogens is 278 g/mol. The van der Waals surface area contributed by atoms with Gasteiger partial charge in [-0.15, -0.1) is 11.3 Å². The van der Waals surface area contributed by atoms with E-state index in [4.69, 9.17) is 5.73 Å². The van der Waals surface area contributed by atoms with Gasteiger partial charge in [-0.2, -0.15) is 0 Å². The van der Waals surface area contributed by atoms with Gasteiger partial charge in [-0.1, -0.05) is 6.92 Å². The summed E-state index contributed by atoms with van der Waals surface area (Å²) in [7, 11) is 1.39. The summed E-state index contributed by atoms with van der Waals surface area (Å²) in [5, 5.41) is 1.99. The van der Waals surface area contributed by atoms with Crippen molar-refractivity contribution in [1.82, 2.24) is 0 Å². The lowest BCUT2D eigenvalue weighted by Crippen LogP contribution is -2.33. The number of ether oxygens (including phenoxy) is 1. The van der Waals surface area contributed by atoms with Gasteiger partial charge in [-0.05, 0) is 22.0 Å². The predicted octanol–water partition coefficient (Wildman–Crippen LogP) is 2.29. The minimum Gasteiger partial charge on any atom is -0.469 e. The maximum absolute atomic E-state index is 11.3. The lowest BCUT2D eigenvalue weighted by atomic mass is 9.85. The first-order chi connectivity index (χ1) is 7.01. The van der Waals surface area contributed by atoms with Gasteiger partial charge in [0.15, 0.2) is 0 Å². The molecule has 15 heavy (non-hydrogen) atoms. The van der Waals surface area contributed by atoms with Crippen LogP contribution in [0.15, 0.2) is 15.9 Å². The van der Waals surface area contributed by atoms with E-state index >= 15 is 0 Å². The Bertz CT molecular complexity index is 353. The van der Waals surface area contributed by atoms with Crippen molar-refractivity contribution >= 4 is 33.2 Å². The molecule has 0 amide bonds. The topological polar surface area (TPSA) is 52.3 Å². The highest BCUT2D eigenvalue weighted by Crippen LogP contribution is 2.33. The zero-order valence-corrected chi connectivity index (χ0v) is 11.2. The van der Waals surface area contributed by atoms with Crippen LogP contribution in [0.2, 0.25) is 0 Å². The molecule has 0 aliphatic heterocycles. The van der Waals surface area contributed by atoms with Crippen LogP contribution in [0.1, 0.15) is 18.2 Å². The minimum atomic E-state index is -0.330. The quantitative estimate of drug-likeness (QED) is 0.866. The maximum Gasteiger partial charge on any atom is 0.306 e. The lowest BCUT2D eigenvalue weighted by Gasteiger charge is -2.25. The van der Waals surface area contributed by atoms with Crippen molar-refractivity contribution in [3.8, 4) is 0 Å². The van der Waals surface area contributed by atoms with Gasteiger partial charge in [0, 0.05) is 26.7 Å². The van der Waals surface area contributed by atoms with Gasteiger partial charge in [0.25, 0.3) is 0 Å². The molecule has 0 aliphatic carbocycles. The summed E-state index contributed by atoms with van der Waals surface area (Å²) in [6.07, 6.45) is 0.312. The Morgan fingerprint density at radius 3 is 2.80 bits per heavy atom. The SMILES string of the molecule is COC(=O)CC(C)(CN)c1cc(Br)cs1. The first-order valence-corrected chi connectivity index (χ1v) is 6.20. The van der Waals surface area contributed by atoms with Crippen molar-refractivity contribution in [2.75, 3.05) is 13.7 Å². The first-order valence-electron chi connectivity index (χ1n) is 4.53. The van der Waals surface area contributed by atoms with Crippen LogP contribution in [0, 0.1) is 0 Å². The number of halogens is 1. The molecular formula is C10H14BrNO2S. The van der Waals surface area contributed by atoms with Crippen molar-refractivity contribution in [3.05, 3.63) is 20.8 Å². The number of methoxy groups -OCH3 is 1. The molecule has 1 rings (SSSR count). The number of thiophene rings is 1. The highest BCUT2D eigenvalue weighted by molar-refractivity contribution is 9.10. The van der Waals surface area contributed by atoms with Gasteiger partial charge >= 0.3 is 5.97 Å². The maximum atomic E-state index is 11.3. The van der Waals surface area contributed by atoms with Crippen LogP contribution in [-0.4, -0.2) is 19.6 Å². The Labute approximate surface area is 102 Å². The van der Waals surface area contributed by atoms with Crippen LogP contribution >= 0.6 is 27.3 Å². The van der Waals surface area contributed by atoms with E-state index in [1.54, 1.807) is 11.3 Å². The van der Waals surface area contributed by atoms with Gasteiger partial charge in [0.1, 0.15) is 0 Å². The van der Waals surface area contributed by atoms with Crippen molar-refractivity contribution in [2.45, 2.75) is 18.8 Å². The molecule has 1 atom stereocenters. The summed E-state index contributed by atoms with van der Waals surface area (Å²) in [4.78, 5) is 12.4. The molecule has 2 N–H and O–H groups in total. The second-order valence-electron chi connectivity index (χ2n) is 3.65. The van der Waals surface area contributed by atoms with E-state index in [1.165, 1.54) is 7.11 Å². The van der Waals surface area contributed by atoms with Crippen molar-refractivity contribution < 1.29 is 9.53 Å². The van der Waals surface area contributed by atoms with Crippen molar-refractivity contribution in [2.24, 2.45) is 5.73 Å². The Morgan fingerprint density at radius 1 is 1.73 bits per heavy atom. The highest BCUT2D eigenvalue weighted by atomic mass is 79.9. The summed E-state index contributed by atoms with van der Waals surface area (Å²) >= 11 is 4.99. The number of carbonyl (C=O) groups excluding carboxylic acids is 1. The van der Waals surface area contributed by atoms with Crippen molar-refractivity contribution in [1.29, 1.82) is 0 Å². The first kappa shape index (κ1) is 12.7. The lowest BCUT2D eigenvalue weighted by molar-refractivity contribution is -0.141. The normalized spacial score (nSPS) is 14.7. The molecule has 0 radical (unpaired) electrons. The number of nitrogens with two attached hydrogens (primary N) is 1. The molecule has 0 saturated carbocycles. The van der Waals surface area contributed by atoms with E-state index in [0.29, 0.717) is 13.0 Å². The molecule has 1 aromatic heterocycles. The monoisotopic (exact) mass is 291 g/mol. The number of hydrogen-bond acceptors (Lipinski definition) is 4. The van der Waals surface area contributed by atoms with Crippen LogP contribution in [0.25, 0.3) is 0 Å². The van der Waals surface area contributed by atoms with Crippen LogP contribution in [0.4, 0.5) is 0 Å². The highest BCUT2D eigenvalue weighted by Gasteiger charge is 2.30. The number of esters is 1. The number of carbonyl (C=O) groups is 1. The minimum absolute atomic E-state index is 0.229. The molecule has 84 valence electrons. The largest absolute Gasteiger partial charge is 0.469 e. The Kier molecular flexibility index (Phi) is 4.31. The van der Waals surface area contributed by atoms with Gasteiger partial charge in [0.2, 0.25) is 0 Å². The second-order valence-corrected chi connectivity index (χ2v) is 5.47. The predicted molar refractivity (Wildman–Crippen MR) is 65.1 cm³/mol. The average Bonchev–Trinajstić information content (AvgIpc) is 2.65. The van der Waals surface area contributed by atoms with E-state index in [0.717, 1.165) is 9.35 Å². The third-order valence-corrected chi connectivity index (χ3v) is 4.37. The molecule has 1 aromatic rings. The molecule has 1 unspecified atom stereocenters. The van der Waals surface area contributed by atoms with Crippen molar-refractivity contribution in [3.63, 3.8) is 0 Å². The van der Waals surface area contributed by atoms with E-state index in [1.807, 2.05) is 18.4 Å². The van der Waals surface area contributed by atoms with E-state index < -0.39 is 0 Å². The zero-order valence-electron chi connectivity index (χ0n) is 8.75. The zero-order chi connectivity index (χ0) is 11.5. The summed E-state index contributed by atoms with van der Waals surface area (Å²) in [6, 6.07) is 2.00. The molecule has 1 heterocycles. The smallest absolute Gasteiger partial charge is 0.306 e. The fourth-order valence-corrected chi connectivity index (χ4v) is 2.88. The van der Waals surface area contributed by atoms with E-state index in [9.17, 15) is 4.79 Å². The summed E-state index contributed by atoms with van der Waals surface area (Å²) in [5.41, 5.74) is 5.41. The fraction of sp³-hybridized carbons (Fsp3) is 0.500. The Balaban J connectivity index is 2.89. The standard InChI is InChI=1S/C10H14BrNO2S/c1-10(6-12,4-9(13)14-2)8-3-7(11)5-15-8/h3,5H,4,6,12H2,1-2H3. The Morgan fingerprint density at radius 2 is 2.40 bits per heavy atom. The van der Waals surface area contributed by atoms with Gasteiger partial charge < -0.3 is 10.5 Å². The Hall–Kier alpha value is -0.390. The molecule has 5 heteroatoms. The molecule has 0 saturated heterocycles. The van der Waals surface area contributed by atoms with E-state index in [-0.39, 0.29) is 11.4 Å². The van der Waals surface area contributed by atoms with Gasteiger partial charge in [-0.3, -0.25) is 4.79 Å². The van der Waals surface area contributed by atoms with Gasteiger partial charge in [-0.25, -0.2) is 0 Å². The third-order valence-electron chi connectivity index (χ3n) is 2.38. The average molecular weight is 292 g/mol. The fourth-order valence-electron chi connectivity index (χ4n) is 1.28. The number of rotatable bonds is 4. The molecule has 0 spiro atoms. The molecule has 0 bridgehead atoms. The van der Waals surface area contributed by atoms with Crippen LogP contribution in [0.3, 0.4) is 0 Å². The van der Waals surface area contributed by atoms with Crippen LogP contribution in [-0.2, 0) is 14.9 Å². The van der Waals surface area contributed by atoms with Gasteiger partial charge in [0.05, 0.1) is 13.5 Å². The van der Waals surface area contributed by atoms with Crippen LogP contribution < -0.4 is 5.73 Å². The molecule has 3 nitrogen and oxygen atoms in total. The number of hydrogen-bond donors (Lipinski definition) is 1. The second kappa shape index (κ2) is 5.09. The van der Waals surface area contributed by atoms with Crippen LogP contribution in [0.5, 0.6) is 0 Å². The van der Waals surface area contributed by atoms with E-state index in [2.05, 4.69) is 20.7 Å². The summed E-state index contributed by atoms with van der Waals surface area (Å²) in [6.45, 7) is 2.40. The summed E-state index contributed by atoms with van der Waals surface area (Å²) in [5.74, 6) is -0.229. The molecule has 0 aliphatic rings. The molecule has 0 fully saturated rings.